The second-order valence-corrected chi connectivity index (χ2v) is 6.51. The van der Waals surface area contributed by atoms with Gasteiger partial charge in [0.05, 0.1) is 0 Å². The Bertz CT molecular complexity index is 781. The molecule has 3 heteroatoms. The van der Waals surface area contributed by atoms with Crippen LogP contribution in [0.15, 0.2) is 53.7 Å². The minimum absolute atomic E-state index is 1.10. The lowest BCUT2D eigenvalue weighted by molar-refractivity contribution is 0.861. The lowest BCUT2D eigenvalue weighted by Gasteiger charge is -2.02. The number of aryl methyl sites for hydroxylation is 1. The summed E-state index contributed by atoms with van der Waals surface area (Å²) in [7, 11) is 0. The highest BCUT2D eigenvalue weighted by molar-refractivity contribution is 7.13. The molecular weight excluding hydrogens is 276 g/mol. The van der Waals surface area contributed by atoms with E-state index in [2.05, 4.69) is 58.4 Å². The summed E-state index contributed by atoms with van der Waals surface area (Å²) in [4.78, 5) is 4.74. The van der Waals surface area contributed by atoms with Gasteiger partial charge in [-0.15, -0.1) is 11.3 Å². The number of H-pyrrole nitrogens is 1. The zero-order chi connectivity index (χ0) is 14.1. The van der Waals surface area contributed by atoms with E-state index in [0.29, 0.717) is 0 Å². The molecule has 0 atom stereocenters. The van der Waals surface area contributed by atoms with Gasteiger partial charge < -0.3 is 10.3 Å². The fourth-order valence-electron chi connectivity index (χ4n) is 3.00. The number of benzene rings is 1. The summed E-state index contributed by atoms with van der Waals surface area (Å²) in [6, 6.07) is 11.0. The van der Waals surface area contributed by atoms with E-state index in [-0.39, 0.29) is 0 Å². The number of thiophene rings is 1. The number of aromatic nitrogens is 1. The van der Waals surface area contributed by atoms with E-state index in [0.717, 1.165) is 19.4 Å². The van der Waals surface area contributed by atoms with Crippen LogP contribution >= 0.6 is 11.3 Å². The summed E-state index contributed by atoms with van der Waals surface area (Å²) in [5.74, 6) is 0. The third kappa shape index (κ3) is 2.49. The van der Waals surface area contributed by atoms with Gasteiger partial charge in [-0.05, 0) is 60.2 Å². The summed E-state index contributed by atoms with van der Waals surface area (Å²) in [5.41, 5.74) is 5.53. The molecule has 3 aromatic rings. The van der Waals surface area contributed by atoms with Gasteiger partial charge in [-0.1, -0.05) is 17.7 Å². The van der Waals surface area contributed by atoms with Gasteiger partial charge in [-0.2, -0.15) is 0 Å². The molecule has 0 saturated heterocycles. The van der Waals surface area contributed by atoms with Gasteiger partial charge in [-0.25, -0.2) is 0 Å². The minimum Gasteiger partial charge on any atom is -0.391 e. The fraction of sp³-hybridized carbons (Fsp3) is 0.222. The third-order valence-electron chi connectivity index (χ3n) is 4.19. The van der Waals surface area contributed by atoms with Crippen LogP contribution in [0.4, 0.5) is 0 Å². The molecule has 0 saturated carbocycles. The van der Waals surface area contributed by atoms with E-state index in [9.17, 15) is 0 Å². The molecule has 0 fully saturated rings. The van der Waals surface area contributed by atoms with Gasteiger partial charge in [0.1, 0.15) is 0 Å². The first-order valence-corrected chi connectivity index (χ1v) is 8.33. The lowest BCUT2D eigenvalue weighted by atomic mass is 10.0. The number of hydrogen-bond donors (Lipinski definition) is 2. The van der Waals surface area contributed by atoms with Crippen LogP contribution in [0.2, 0.25) is 0 Å². The lowest BCUT2D eigenvalue weighted by Crippen LogP contribution is -1.96. The van der Waals surface area contributed by atoms with Crippen LogP contribution in [-0.2, 0) is 6.42 Å². The summed E-state index contributed by atoms with van der Waals surface area (Å²) in [6.45, 7) is 1.10. The van der Waals surface area contributed by atoms with Crippen molar-refractivity contribution in [2.45, 2.75) is 19.3 Å². The number of hydrogen-bond acceptors (Lipinski definition) is 2. The Kier molecular flexibility index (Phi) is 3.28. The Morgan fingerprint density at radius 3 is 2.95 bits per heavy atom. The molecule has 2 nitrogen and oxygen atoms in total. The molecule has 0 bridgehead atoms. The van der Waals surface area contributed by atoms with Gasteiger partial charge >= 0.3 is 0 Å². The zero-order valence-corrected chi connectivity index (χ0v) is 12.7. The molecule has 0 radical (unpaired) electrons. The quantitative estimate of drug-likeness (QED) is 0.717. The van der Waals surface area contributed by atoms with E-state index in [1.165, 1.54) is 33.3 Å². The molecular formula is C18H18N2S. The largest absolute Gasteiger partial charge is 0.391 e. The van der Waals surface area contributed by atoms with E-state index >= 15 is 0 Å². The van der Waals surface area contributed by atoms with Crippen molar-refractivity contribution in [3.05, 3.63) is 59.2 Å². The van der Waals surface area contributed by atoms with Crippen LogP contribution in [0.25, 0.3) is 21.3 Å². The van der Waals surface area contributed by atoms with Gasteiger partial charge in [0.25, 0.3) is 0 Å². The predicted octanol–water partition coefficient (Wildman–Crippen LogP) is 4.71. The molecule has 0 spiro atoms. The molecule has 2 N–H and O–H groups in total. The standard InChI is InChI=1S/C18H18N2S/c1-2-18(21-9-1)14-5-6-17-16(10-14)15(12-20-17)4-3-13-7-8-19-11-13/h1-2,5-6,9-12,19-20H,3-4,7-8H2. The van der Waals surface area contributed by atoms with Crippen LogP contribution in [0.5, 0.6) is 0 Å². The average molecular weight is 294 g/mol. The van der Waals surface area contributed by atoms with Crippen molar-refractivity contribution in [3.8, 4) is 10.4 Å². The SMILES string of the molecule is C1=C(CCc2c[nH]c3ccc(-c4cccs4)cc23)CCN1. The summed E-state index contributed by atoms with van der Waals surface area (Å²) in [5, 5.41) is 6.80. The molecule has 1 aliphatic rings. The maximum absolute atomic E-state index is 3.40. The maximum Gasteiger partial charge on any atom is 0.0457 e. The average Bonchev–Trinajstić information content (AvgIpc) is 3.25. The van der Waals surface area contributed by atoms with Crippen molar-refractivity contribution in [3.63, 3.8) is 0 Å². The van der Waals surface area contributed by atoms with Crippen molar-refractivity contribution in [1.29, 1.82) is 0 Å². The molecule has 4 rings (SSSR count). The Morgan fingerprint density at radius 2 is 2.14 bits per heavy atom. The van der Waals surface area contributed by atoms with Gasteiger partial charge in [0.2, 0.25) is 0 Å². The van der Waals surface area contributed by atoms with Crippen LogP contribution in [0.1, 0.15) is 18.4 Å². The van der Waals surface area contributed by atoms with Crippen LogP contribution in [-0.4, -0.2) is 11.5 Å². The van der Waals surface area contributed by atoms with E-state index in [1.54, 1.807) is 16.9 Å². The van der Waals surface area contributed by atoms with Crippen molar-refractivity contribution >= 4 is 22.2 Å². The molecule has 2 aromatic heterocycles. The molecule has 21 heavy (non-hydrogen) atoms. The normalized spacial score (nSPS) is 14.4. The van der Waals surface area contributed by atoms with E-state index in [1.807, 2.05) is 0 Å². The molecule has 0 aliphatic carbocycles. The Hall–Kier alpha value is -2.00. The van der Waals surface area contributed by atoms with Gasteiger partial charge in [-0.3, -0.25) is 0 Å². The molecule has 1 aliphatic heterocycles. The minimum atomic E-state index is 1.10. The monoisotopic (exact) mass is 294 g/mol. The fourth-order valence-corrected chi connectivity index (χ4v) is 3.72. The second kappa shape index (κ2) is 5.41. The van der Waals surface area contributed by atoms with E-state index < -0.39 is 0 Å². The number of rotatable bonds is 4. The summed E-state index contributed by atoms with van der Waals surface area (Å²) in [6.07, 6.45) is 7.82. The van der Waals surface area contributed by atoms with Crippen molar-refractivity contribution in [1.82, 2.24) is 10.3 Å². The van der Waals surface area contributed by atoms with Crippen LogP contribution in [0, 0.1) is 0 Å². The van der Waals surface area contributed by atoms with Crippen molar-refractivity contribution in [2.75, 3.05) is 6.54 Å². The molecule has 0 amide bonds. The zero-order valence-electron chi connectivity index (χ0n) is 11.9. The first-order chi connectivity index (χ1) is 10.4. The third-order valence-corrected chi connectivity index (χ3v) is 5.10. The predicted molar refractivity (Wildman–Crippen MR) is 90.6 cm³/mol. The van der Waals surface area contributed by atoms with Gasteiger partial charge in [0, 0.05) is 28.5 Å². The Morgan fingerprint density at radius 1 is 1.14 bits per heavy atom. The Balaban J connectivity index is 1.64. The first-order valence-electron chi connectivity index (χ1n) is 7.45. The van der Waals surface area contributed by atoms with Gasteiger partial charge in [0.15, 0.2) is 0 Å². The number of fused-ring (bicyclic) bond motifs is 1. The summed E-state index contributed by atoms with van der Waals surface area (Å²) < 4.78 is 0. The summed E-state index contributed by atoms with van der Waals surface area (Å²) >= 11 is 1.80. The Labute approximate surface area is 128 Å². The van der Waals surface area contributed by atoms with E-state index in [4.69, 9.17) is 0 Å². The van der Waals surface area contributed by atoms with Crippen LogP contribution < -0.4 is 5.32 Å². The first kappa shape index (κ1) is 12.7. The maximum atomic E-state index is 3.40. The molecule has 1 aromatic carbocycles. The smallest absolute Gasteiger partial charge is 0.0457 e. The highest BCUT2D eigenvalue weighted by Crippen LogP contribution is 2.30. The van der Waals surface area contributed by atoms with Crippen molar-refractivity contribution < 1.29 is 0 Å². The second-order valence-electron chi connectivity index (χ2n) is 5.56. The molecule has 0 unspecified atom stereocenters. The highest BCUT2D eigenvalue weighted by Gasteiger charge is 2.09. The number of aromatic amines is 1. The molecule has 3 heterocycles. The van der Waals surface area contributed by atoms with Crippen molar-refractivity contribution in [2.24, 2.45) is 0 Å². The molecule has 106 valence electrons. The number of nitrogens with one attached hydrogen (secondary N) is 2. The highest BCUT2D eigenvalue weighted by atomic mass is 32.1. The topological polar surface area (TPSA) is 27.8 Å². The van der Waals surface area contributed by atoms with Crippen LogP contribution in [0.3, 0.4) is 0 Å².